The zero-order chi connectivity index (χ0) is 23.6. The highest BCUT2D eigenvalue weighted by Gasteiger charge is 2.35. The summed E-state index contributed by atoms with van der Waals surface area (Å²) in [6.45, 7) is 0. The number of nitrogens with zero attached hydrogens (tertiary/aromatic N) is 1. The lowest BCUT2D eigenvalue weighted by molar-refractivity contribution is -0.137. The minimum absolute atomic E-state index is 0.0693. The first kappa shape index (κ1) is 22.8. The van der Waals surface area contributed by atoms with Crippen LogP contribution in [0.25, 0.3) is 0 Å². The zero-order valence-electron chi connectivity index (χ0n) is 18.0. The molecule has 0 bridgehead atoms. The molecule has 0 unspecified atom stereocenters. The first-order valence-electron chi connectivity index (χ1n) is 10.7. The van der Waals surface area contributed by atoms with Crippen molar-refractivity contribution in [3.05, 3.63) is 93.2 Å². The van der Waals surface area contributed by atoms with Crippen molar-refractivity contribution in [2.75, 3.05) is 7.11 Å². The summed E-state index contributed by atoms with van der Waals surface area (Å²) in [5, 5.41) is 0. The Balaban J connectivity index is 1.52. The van der Waals surface area contributed by atoms with Crippen LogP contribution in [-0.4, -0.2) is 22.9 Å². The number of aromatic nitrogens is 2. The molecule has 0 aliphatic heterocycles. The van der Waals surface area contributed by atoms with Crippen molar-refractivity contribution in [3.63, 3.8) is 0 Å². The summed E-state index contributed by atoms with van der Waals surface area (Å²) in [6, 6.07) is 13.5. The van der Waals surface area contributed by atoms with Crippen LogP contribution < -0.4 is 10.3 Å². The van der Waals surface area contributed by atoms with E-state index >= 15 is 0 Å². The van der Waals surface area contributed by atoms with E-state index in [1.54, 1.807) is 19.2 Å². The maximum atomic E-state index is 13.0. The lowest BCUT2D eigenvalue weighted by Gasteiger charge is -2.17. The SMILES string of the molecule is COc1ccc(Cc2nc(C(=O)C[C@@H](c3ccc(C(F)(F)F)cc3)C3CC3)cc(=O)[nH]2)cc1. The minimum Gasteiger partial charge on any atom is -0.497 e. The van der Waals surface area contributed by atoms with Crippen LogP contribution in [0.2, 0.25) is 0 Å². The number of methoxy groups -OCH3 is 1. The van der Waals surface area contributed by atoms with E-state index in [0.717, 1.165) is 30.5 Å². The average Bonchev–Trinajstić information content (AvgIpc) is 3.62. The van der Waals surface area contributed by atoms with E-state index in [9.17, 15) is 22.8 Å². The van der Waals surface area contributed by atoms with Gasteiger partial charge in [-0.25, -0.2) is 4.98 Å². The second kappa shape index (κ2) is 9.21. The summed E-state index contributed by atoms with van der Waals surface area (Å²) in [5.41, 5.74) is 0.520. The van der Waals surface area contributed by atoms with E-state index in [-0.39, 0.29) is 29.7 Å². The Morgan fingerprint density at radius 1 is 1.12 bits per heavy atom. The smallest absolute Gasteiger partial charge is 0.416 e. The van der Waals surface area contributed by atoms with Gasteiger partial charge in [0.2, 0.25) is 0 Å². The maximum Gasteiger partial charge on any atom is 0.416 e. The molecule has 1 N–H and O–H groups in total. The Bertz CT molecular complexity index is 1180. The number of carbonyl (C=O) groups excluding carboxylic acids is 1. The molecule has 1 atom stereocenters. The van der Waals surface area contributed by atoms with Crippen molar-refractivity contribution < 1.29 is 22.7 Å². The van der Waals surface area contributed by atoms with Gasteiger partial charge in [-0.05, 0) is 60.1 Å². The average molecular weight is 456 g/mol. The zero-order valence-corrected chi connectivity index (χ0v) is 18.0. The van der Waals surface area contributed by atoms with Crippen LogP contribution in [0.5, 0.6) is 5.75 Å². The summed E-state index contributed by atoms with van der Waals surface area (Å²) in [7, 11) is 1.57. The van der Waals surface area contributed by atoms with Gasteiger partial charge in [0.25, 0.3) is 5.56 Å². The monoisotopic (exact) mass is 456 g/mol. The molecule has 172 valence electrons. The van der Waals surface area contributed by atoms with Crippen molar-refractivity contribution in [2.24, 2.45) is 5.92 Å². The van der Waals surface area contributed by atoms with Gasteiger partial charge in [0.05, 0.1) is 12.7 Å². The second-order valence-corrected chi connectivity index (χ2v) is 8.29. The van der Waals surface area contributed by atoms with Crippen molar-refractivity contribution in [2.45, 2.75) is 37.8 Å². The summed E-state index contributed by atoms with van der Waals surface area (Å²) >= 11 is 0. The van der Waals surface area contributed by atoms with Crippen molar-refractivity contribution in [1.29, 1.82) is 0 Å². The first-order chi connectivity index (χ1) is 15.7. The molecule has 33 heavy (non-hydrogen) atoms. The van der Waals surface area contributed by atoms with Gasteiger partial charge in [-0.3, -0.25) is 9.59 Å². The van der Waals surface area contributed by atoms with Crippen LogP contribution in [0.4, 0.5) is 13.2 Å². The Kier molecular flexibility index (Phi) is 6.35. The molecule has 1 aliphatic carbocycles. The van der Waals surface area contributed by atoms with Gasteiger partial charge in [-0.1, -0.05) is 24.3 Å². The number of alkyl halides is 3. The third-order valence-corrected chi connectivity index (χ3v) is 5.87. The van der Waals surface area contributed by atoms with E-state index in [1.807, 2.05) is 12.1 Å². The molecule has 3 aromatic rings. The third kappa shape index (κ3) is 5.69. The van der Waals surface area contributed by atoms with Crippen LogP contribution in [0.1, 0.15) is 58.2 Å². The van der Waals surface area contributed by atoms with Gasteiger partial charge in [0, 0.05) is 18.9 Å². The number of H-pyrrole nitrogens is 1. The van der Waals surface area contributed by atoms with Gasteiger partial charge in [0.15, 0.2) is 5.78 Å². The fraction of sp³-hybridized carbons (Fsp3) is 0.320. The fourth-order valence-electron chi connectivity index (χ4n) is 3.95. The van der Waals surface area contributed by atoms with E-state index < -0.39 is 17.3 Å². The molecule has 1 saturated carbocycles. The summed E-state index contributed by atoms with van der Waals surface area (Å²) in [5.74, 6) is 0.818. The summed E-state index contributed by atoms with van der Waals surface area (Å²) < 4.78 is 43.8. The van der Waals surface area contributed by atoms with Gasteiger partial charge >= 0.3 is 6.18 Å². The molecule has 1 fully saturated rings. The molecule has 2 aromatic carbocycles. The molecule has 4 rings (SSSR count). The van der Waals surface area contributed by atoms with E-state index in [2.05, 4.69) is 9.97 Å². The number of hydrogen-bond acceptors (Lipinski definition) is 4. The van der Waals surface area contributed by atoms with Crippen LogP contribution in [0.15, 0.2) is 59.4 Å². The van der Waals surface area contributed by atoms with E-state index in [0.29, 0.717) is 23.6 Å². The van der Waals surface area contributed by atoms with Crippen LogP contribution >= 0.6 is 0 Å². The number of aromatic amines is 1. The van der Waals surface area contributed by atoms with E-state index in [1.165, 1.54) is 18.2 Å². The highest BCUT2D eigenvalue weighted by atomic mass is 19.4. The van der Waals surface area contributed by atoms with Crippen molar-refractivity contribution in [3.8, 4) is 5.75 Å². The van der Waals surface area contributed by atoms with Crippen LogP contribution in [0, 0.1) is 5.92 Å². The van der Waals surface area contributed by atoms with Crippen LogP contribution in [0.3, 0.4) is 0 Å². The first-order valence-corrected chi connectivity index (χ1v) is 10.7. The molecule has 0 spiro atoms. The molecule has 0 radical (unpaired) electrons. The fourth-order valence-corrected chi connectivity index (χ4v) is 3.95. The van der Waals surface area contributed by atoms with Gasteiger partial charge in [-0.2, -0.15) is 13.2 Å². The highest BCUT2D eigenvalue weighted by Crippen LogP contribution is 2.45. The molecular formula is C25H23F3N2O3. The Hall–Kier alpha value is -3.42. The molecule has 0 saturated heterocycles. The number of benzene rings is 2. The number of hydrogen-bond donors (Lipinski definition) is 1. The predicted octanol–water partition coefficient (Wildman–Crippen LogP) is 5.15. The van der Waals surface area contributed by atoms with E-state index in [4.69, 9.17) is 4.74 Å². The normalized spacial score (nSPS) is 14.7. The van der Waals surface area contributed by atoms with Gasteiger partial charge in [-0.15, -0.1) is 0 Å². The lowest BCUT2D eigenvalue weighted by atomic mass is 9.88. The van der Waals surface area contributed by atoms with Crippen LogP contribution in [-0.2, 0) is 12.6 Å². The molecule has 1 heterocycles. The quantitative estimate of drug-likeness (QED) is 0.476. The number of Topliss-reactive ketones (excluding diaryl/α,β-unsaturated/α-hetero) is 1. The summed E-state index contributed by atoms with van der Waals surface area (Å²) in [4.78, 5) is 32.2. The second-order valence-electron chi connectivity index (χ2n) is 8.29. The van der Waals surface area contributed by atoms with Gasteiger partial charge < -0.3 is 9.72 Å². The largest absolute Gasteiger partial charge is 0.497 e. The number of ether oxygens (including phenoxy) is 1. The molecule has 0 amide bonds. The Labute approximate surface area is 188 Å². The Morgan fingerprint density at radius 2 is 1.79 bits per heavy atom. The molecule has 5 nitrogen and oxygen atoms in total. The highest BCUT2D eigenvalue weighted by molar-refractivity contribution is 5.94. The number of halogens is 3. The number of nitrogens with one attached hydrogen (secondary N) is 1. The molecule has 1 aromatic heterocycles. The standard InChI is InChI=1S/C25H23F3N2O3/c1-33-19-10-2-15(3-11-19)12-23-29-21(14-24(32)30-23)22(31)13-20(16-4-5-16)17-6-8-18(9-7-17)25(26,27)28/h2-3,6-11,14,16,20H,4-5,12-13H2,1H3,(H,29,30,32)/t20-/m1/s1. The molecule has 8 heteroatoms. The lowest BCUT2D eigenvalue weighted by Crippen LogP contribution is -2.18. The predicted molar refractivity (Wildman–Crippen MR) is 117 cm³/mol. The summed E-state index contributed by atoms with van der Waals surface area (Å²) in [6.07, 6.45) is -2.13. The Morgan fingerprint density at radius 3 is 2.36 bits per heavy atom. The van der Waals surface area contributed by atoms with Gasteiger partial charge in [0.1, 0.15) is 17.3 Å². The number of ketones is 1. The molecule has 1 aliphatic rings. The molecular weight excluding hydrogens is 433 g/mol. The van der Waals surface area contributed by atoms with Crippen molar-refractivity contribution in [1.82, 2.24) is 9.97 Å². The van der Waals surface area contributed by atoms with Crippen molar-refractivity contribution >= 4 is 5.78 Å². The minimum atomic E-state index is -4.40. The third-order valence-electron chi connectivity index (χ3n) is 5.87. The topological polar surface area (TPSA) is 72.0 Å². The number of rotatable bonds is 8. The maximum absolute atomic E-state index is 13.0. The number of carbonyl (C=O) groups is 1.